The van der Waals surface area contributed by atoms with Gasteiger partial charge < -0.3 is 9.26 Å². The Morgan fingerprint density at radius 1 is 1.18 bits per heavy atom. The van der Waals surface area contributed by atoms with E-state index < -0.39 is 11.4 Å². The van der Waals surface area contributed by atoms with E-state index in [1.165, 1.54) is 6.07 Å². The molecule has 0 spiro atoms. The second kappa shape index (κ2) is 8.55. The van der Waals surface area contributed by atoms with Crippen molar-refractivity contribution in [3.8, 4) is 5.75 Å². The van der Waals surface area contributed by atoms with Crippen molar-refractivity contribution in [2.75, 3.05) is 6.61 Å². The van der Waals surface area contributed by atoms with Crippen molar-refractivity contribution in [2.45, 2.75) is 39.8 Å². The fourth-order valence-corrected chi connectivity index (χ4v) is 2.86. The molecule has 0 amide bonds. The molecule has 2 heterocycles. The molecule has 3 aromatic rings. The molecule has 0 aliphatic carbocycles. The van der Waals surface area contributed by atoms with E-state index in [0.29, 0.717) is 18.9 Å². The van der Waals surface area contributed by atoms with Gasteiger partial charge in [-0.15, -0.1) is 4.74 Å². The summed E-state index contributed by atoms with van der Waals surface area (Å²) in [5.74, 6) is 0.620. The normalized spacial score (nSPS) is 10.9. The van der Waals surface area contributed by atoms with Crippen LogP contribution in [0, 0.1) is 6.92 Å². The van der Waals surface area contributed by atoms with Crippen LogP contribution in [0.25, 0.3) is 0 Å². The minimum absolute atomic E-state index is 0.0756. The largest absolute Gasteiger partial charge is 0.492 e. The standard InChI is InChI=1S/C19H22N4O5/c1-3-4-16-20-13(2)11-17(24)22(16)9-10-27-15-7-5-14(6-8-15)12-23-18(25)21-19(26)28-23/h5-8,11H,3-4,9-10,12H2,1-2H3,(H,21,25,26). The first-order valence-corrected chi connectivity index (χ1v) is 9.06. The summed E-state index contributed by atoms with van der Waals surface area (Å²) in [6, 6.07) is 8.59. The van der Waals surface area contributed by atoms with Gasteiger partial charge in [-0.1, -0.05) is 19.1 Å². The van der Waals surface area contributed by atoms with Gasteiger partial charge in [0, 0.05) is 18.2 Å². The summed E-state index contributed by atoms with van der Waals surface area (Å²) in [4.78, 5) is 41.2. The van der Waals surface area contributed by atoms with Gasteiger partial charge in [-0.3, -0.25) is 9.36 Å². The van der Waals surface area contributed by atoms with Crippen molar-refractivity contribution in [1.29, 1.82) is 0 Å². The van der Waals surface area contributed by atoms with Crippen LogP contribution in [0.5, 0.6) is 5.75 Å². The lowest BCUT2D eigenvalue weighted by atomic mass is 10.2. The molecule has 0 aliphatic heterocycles. The molecule has 9 heteroatoms. The smallest absolute Gasteiger partial charge is 0.440 e. The lowest BCUT2D eigenvalue weighted by Crippen LogP contribution is -2.27. The molecule has 9 nitrogen and oxygen atoms in total. The SMILES string of the molecule is CCCc1nc(C)cc(=O)n1CCOc1ccc(Cn2oc(=O)[nH]c2=O)cc1. The van der Waals surface area contributed by atoms with Gasteiger partial charge in [0.15, 0.2) is 0 Å². The maximum absolute atomic E-state index is 12.2. The van der Waals surface area contributed by atoms with E-state index in [4.69, 9.17) is 9.26 Å². The van der Waals surface area contributed by atoms with Gasteiger partial charge in [-0.05, 0) is 31.0 Å². The Morgan fingerprint density at radius 2 is 1.93 bits per heavy atom. The highest BCUT2D eigenvalue weighted by atomic mass is 16.5. The van der Waals surface area contributed by atoms with Crippen molar-refractivity contribution in [3.05, 3.63) is 78.8 Å². The number of hydrogen-bond donors (Lipinski definition) is 1. The number of nitrogens with zero attached hydrogens (tertiary/aromatic N) is 3. The van der Waals surface area contributed by atoms with Crippen LogP contribution in [0.2, 0.25) is 0 Å². The highest BCUT2D eigenvalue weighted by Gasteiger charge is 2.07. The number of nitrogens with one attached hydrogen (secondary N) is 1. The Kier molecular flexibility index (Phi) is 5.93. The lowest BCUT2D eigenvalue weighted by molar-refractivity contribution is 0.258. The molecule has 0 atom stereocenters. The Labute approximate surface area is 160 Å². The van der Waals surface area contributed by atoms with Gasteiger partial charge in [0.05, 0.1) is 13.1 Å². The second-order valence-corrected chi connectivity index (χ2v) is 6.39. The van der Waals surface area contributed by atoms with E-state index in [-0.39, 0.29) is 12.1 Å². The number of H-pyrrole nitrogens is 1. The third-order valence-electron chi connectivity index (χ3n) is 4.15. The molecule has 3 rings (SSSR count). The maximum Gasteiger partial charge on any atom is 0.440 e. The molecule has 0 radical (unpaired) electrons. The van der Waals surface area contributed by atoms with Crippen LogP contribution in [0.15, 0.2) is 49.2 Å². The summed E-state index contributed by atoms with van der Waals surface area (Å²) in [5, 5.41) is 0. The third kappa shape index (κ3) is 4.67. The summed E-state index contributed by atoms with van der Waals surface area (Å²) in [6.45, 7) is 4.74. The number of hydrogen-bond acceptors (Lipinski definition) is 6. The molecule has 0 saturated carbocycles. The second-order valence-electron chi connectivity index (χ2n) is 6.39. The van der Waals surface area contributed by atoms with Gasteiger partial charge in [-0.2, -0.15) is 0 Å². The molecule has 1 N–H and O–H groups in total. The fraction of sp³-hybridized carbons (Fsp3) is 0.368. The molecular weight excluding hydrogens is 364 g/mol. The van der Waals surface area contributed by atoms with Crippen LogP contribution in [-0.4, -0.2) is 25.9 Å². The monoisotopic (exact) mass is 386 g/mol. The Hall–Kier alpha value is -3.36. The number of rotatable bonds is 8. The Morgan fingerprint density at radius 3 is 2.57 bits per heavy atom. The summed E-state index contributed by atoms with van der Waals surface area (Å²) in [6.07, 6.45) is 1.64. The summed E-state index contributed by atoms with van der Waals surface area (Å²) < 4.78 is 13.1. The van der Waals surface area contributed by atoms with Crippen LogP contribution < -0.4 is 21.7 Å². The molecule has 2 aromatic heterocycles. The van der Waals surface area contributed by atoms with Crippen LogP contribution in [0.4, 0.5) is 0 Å². The first-order chi connectivity index (χ1) is 13.5. The van der Waals surface area contributed by atoms with Gasteiger partial charge in [-0.25, -0.2) is 19.6 Å². The zero-order chi connectivity index (χ0) is 20.1. The van der Waals surface area contributed by atoms with E-state index >= 15 is 0 Å². The maximum atomic E-state index is 12.2. The van der Waals surface area contributed by atoms with Gasteiger partial charge in [0.1, 0.15) is 18.2 Å². The predicted octanol–water partition coefficient (Wildman–Crippen LogP) is 1.07. The Balaban J connectivity index is 1.61. The van der Waals surface area contributed by atoms with Crippen molar-refractivity contribution in [3.63, 3.8) is 0 Å². The first-order valence-electron chi connectivity index (χ1n) is 9.06. The van der Waals surface area contributed by atoms with Crippen LogP contribution in [0.1, 0.15) is 30.4 Å². The average Bonchev–Trinajstić information content (AvgIpc) is 2.96. The number of ether oxygens (including phenoxy) is 1. The fourth-order valence-electron chi connectivity index (χ4n) is 2.86. The zero-order valence-corrected chi connectivity index (χ0v) is 15.8. The van der Waals surface area contributed by atoms with Gasteiger partial charge >= 0.3 is 11.4 Å². The summed E-state index contributed by atoms with van der Waals surface area (Å²) >= 11 is 0. The quantitative estimate of drug-likeness (QED) is 0.620. The van der Waals surface area contributed by atoms with E-state index in [9.17, 15) is 14.4 Å². The minimum atomic E-state index is -0.784. The lowest BCUT2D eigenvalue weighted by Gasteiger charge is -2.13. The predicted molar refractivity (Wildman–Crippen MR) is 102 cm³/mol. The number of aryl methyl sites for hydroxylation is 2. The number of aromatic nitrogens is 4. The molecule has 0 unspecified atom stereocenters. The topological polar surface area (TPSA) is 112 Å². The number of benzene rings is 1. The first kappa shape index (κ1) is 19.4. The Bertz CT molecular complexity index is 1100. The van der Waals surface area contributed by atoms with E-state index in [1.807, 2.05) is 18.8 Å². The van der Waals surface area contributed by atoms with Crippen LogP contribution in [-0.2, 0) is 19.5 Å². The molecule has 28 heavy (non-hydrogen) atoms. The average molecular weight is 386 g/mol. The summed E-state index contributed by atoms with van der Waals surface area (Å²) in [5.41, 5.74) is 0.832. The molecular formula is C19H22N4O5. The van der Waals surface area contributed by atoms with Crippen molar-refractivity contribution < 1.29 is 9.26 Å². The summed E-state index contributed by atoms with van der Waals surface area (Å²) in [7, 11) is 0. The molecule has 0 aliphatic rings. The van der Waals surface area contributed by atoms with E-state index in [2.05, 4.69) is 4.98 Å². The van der Waals surface area contributed by atoms with Crippen molar-refractivity contribution in [1.82, 2.24) is 19.3 Å². The highest BCUT2D eigenvalue weighted by molar-refractivity contribution is 5.27. The zero-order valence-electron chi connectivity index (χ0n) is 15.8. The highest BCUT2D eigenvalue weighted by Crippen LogP contribution is 2.13. The molecule has 0 fully saturated rings. The molecule has 0 saturated heterocycles. The van der Waals surface area contributed by atoms with E-state index in [1.54, 1.807) is 28.8 Å². The van der Waals surface area contributed by atoms with Crippen molar-refractivity contribution in [2.24, 2.45) is 0 Å². The molecule has 0 bridgehead atoms. The molecule has 1 aromatic carbocycles. The molecule has 148 valence electrons. The van der Waals surface area contributed by atoms with Crippen molar-refractivity contribution >= 4 is 0 Å². The van der Waals surface area contributed by atoms with Gasteiger partial charge in [0.2, 0.25) is 0 Å². The van der Waals surface area contributed by atoms with Crippen LogP contribution in [0.3, 0.4) is 0 Å². The minimum Gasteiger partial charge on any atom is -0.492 e. The van der Waals surface area contributed by atoms with Crippen LogP contribution >= 0.6 is 0 Å². The van der Waals surface area contributed by atoms with E-state index in [0.717, 1.165) is 34.7 Å². The number of aromatic amines is 1. The third-order valence-corrected chi connectivity index (χ3v) is 4.15. The van der Waals surface area contributed by atoms with Gasteiger partial charge in [0.25, 0.3) is 5.56 Å².